The van der Waals surface area contributed by atoms with Crippen molar-refractivity contribution in [1.29, 1.82) is 0 Å². The van der Waals surface area contributed by atoms with Crippen molar-refractivity contribution in [2.75, 3.05) is 26.4 Å². The fourth-order valence-corrected chi connectivity index (χ4v) is 5.24. The Morgan fingerprint density at radius 2 is 1.89 bits per heavy atom. The number of carbonyl (C=O) groups excluding carboxylic acids is 1. The lowest BCUT2D eigenvalue weighted by molar-refractivity contribution is -0.307. The lowest BCUT2D eigenvalue weighted by Gasteiger charge is -2.32. The van der Waals surface area contributed by atoms with E-state index < -0.39 is 12.6 Å². The van der Waals surface area contributed by atoms with Gasteiger partial charge in [0.25, 0.3) is 0 Å². The SMILES string of the molecule is CCCCC[C@H](O)CC[C@@H]1[C@H]2Cc3cccc(OCC(=O)[O-])c3C[C@H]2C[C@H]1O.CCO.NCCO. The lowest BCUT2D eigenvalue weighted by atomic mass is 9.73. The summed E-state index contributed by atoms with van der Waals surface area (Å²) < 4.78 is 5.44. The van der Waals surface area contributed by atoms with Gasteiger partial charge < -0.3 is 40.8 Å². The summed E-state index contributed by atoms with van der Waals surface area (Å²) in [5.41, 5.74) is 7.05. The molecular weight excluding hydrogens is 450 g/mol. The topological polar surface area (TPSA) is 156 Å². The molecule has 2 aliphatic carbocycles. The van der Waals surface area contributed by atoms with Crippen LogP contribution in [0.5, 0.6) is 5.75 Å². The molecule has 0 aliphatic heterocycles. The van der Waals surface area contributed by atoms with Crippen LogP contribution in [0.15, 0.2) is 18.2 Å². The van der Waals surface area contributed by atoms with Crippen molar-refractivity contribution in [2.24, 2.45) is 23.5 Å². The van der Waals surface area contributed by atoms with E-state index in [4.69, 9.17) is 20.7 Å². The molecule has 3 rings (SSSR count). The minimum absolute atomic E-state index is 0.0972. The first-order valence-corrected chi connectivity index (χ1v) is 13.0. The zero-order valence-corrected chi connectivity index (χ0v) is 21.4. The number of hydrogen-bond donors (Lipinski definition) is 5. The smallest absolute Gasteiger partial charge is 0.128 e. The van der Waals surface area contributed by atoms with E-state index >= 15 is 0 Å². The molecule has 8 heteroatoms. The predicted octanol–water partition coefficient (Wildman–Crippen LogP) is 1.18. The monoisotopic (exact) mass is 496 g/mol. The van der Waals surface area contributed by atoms with Crippen molar-refractivity contribution in [2.45, 2.75) is 83.8 Å². The third-order valence-corrected chi connectivity index (χ3v) is 6.79. The molecule has 0 radical (unpaired) electrons. The Balaban J connectivity index is 0.000000778. The molecule has 5 atom stereocenters. The summed E-state index contributed by atoms with van der Waals surface area (Å²) in [5, 5.41) is 47.0. The molecule has 0 unspecified atom stereocenters. The number of carboxylic acid groups (broad SMARTS) is 1. The molecule has 0 saturated heterocycles. The Morgan fingerprint density at radius 1 is 1.20 bits per heavy atom. The largest absolute Gasteiger partial charge is 0.546 e. The van der Waals surface area contributed by atoms with Crippen LogP contribution in [0.1, 0.15) is 69.9 Å². The first kappa shape index (κ1) is 31.3. The highest BCUT2D eigenvalue weighted by molar-refractivity contribution is 5.66. The zero-order chi connectivity index (χ0) is 26.2. The van der Waals surface area contributed by atoms with E-state index in [2.05, 4.69) is 13.0 Å². The number of aliphatic hydroxyl groups excluding tert-OH is 4. The van der Waals surface area contributed by atoms with Gasteiger partial charge in [0.05, 0.1) is 24.8 Å². The molecular formula is C27H46NO7-. The molecule has 0 spiro atoms. The quantitative estimate of drug-likeness (QED) is 0.286. The van der Waals surface area contributed by atoms with E-state index in [1.165, 1.54) is 5.56 Å². The van der Waals surface area contributed by atoms with Gasteiger partial charge >= 0.3 is 0 Å². The summed E-state index contributed by atoms with van der Waals surface area (Å²) in [6.07, 6.45) is 7.76. The van der Waals surface area contributed by atoms with Gasteiger partial charge in [-0.1, -0.05) is 38.3 Å². The molecule has 2 aliphatic rings. The first-order chi connectivity index (χ1) is 16.8. The van der Waals surface area contributed by atoms with E-state index in [-0.39, 0.29) is 31.3 Å². The Kier molecular flexibility index (Phi) is 15.8. The molecule has 0 heterocycles. The van der Waals surface area contributed by atoms with Crippen LogP contribution in [0.2, 0.25) is 0 Å². The molecule has 1 saturated carbocycles. The molecule has 1 fully saturated rings. The molecule has 1 aromatic rings. The van der Waals surface area contributed by atoms with Crippen molar-refractivity contribution in [3.05, 3.63) is 29.3 Å². The predicted molar refractivity (Wildman–Crippen MR) is 134 cm³/mol. The lowest BCUT2D eigenvalue weighted by Crippen LogP contribution is -2.30. The minimum atomic E-state index is -1.22. The number of carboxylic acids is 1. The number of benzene rings is 1. The van der Waals surface area contributed by atoms with Crippen LogP contribution in [0.4, 0.5) is 0 Å². The van der Waals surface area contributed by atoms with Gasteiger partial charge in [0.15, 0.2) is 0 Å². The van der Waals surface area contributed by atoms with Crippen LogP contribution in [0, 0.1) is 17.8 Å². The number of rotatable bonds is 11. The summed E-state index contributed by atoms with van der Waals surface area (Å²) in [6, 6.07) is 5.80. The average molecular weight is 497 g/mol. The van der Waals surface area contributed by atoms with E-state index in [1.54, 1.807) is 6.92 Å². The average Bonchev–Trinajstić information content (AvgIpc) is 3.14. The summed E-state index contributed by atoms with van der Waals surface area (Å²) >= 11 is 0. The van der Waals surface area contributed by atoms with Crippen LogP contribution in [-0.4, -0.2) is 65.0 Å². The molecule has 0 amide bonds. The Labute approximate surface area is 210 Å². The maximum Gasteiger partial charge on any atom is 0.128 e. The third-order valence-electron chi connectivity index (χ3n) is 6.79. The molecule has 0 bridgehead atoms. The summed E-state index contributed by atoms with van der Waals surface area (Å²) in [5.74, 6) is 0.440. The molecule has 6 N–H and O–H groups in total. The van der Waals surface area contributed by atoms with Crippen LogP contribution < -0.4 is 15.6 Å². The Hall–Kier alpha value is -1.71. The van der Waals surface area contributed by atoms with Crippen molar-refractivity contribution < 1.29 is 35.1 Å². The highest BCUT2D eigenvalue weighted by Gasteiger charge is 2.44. The van der Waals surface area contributed by atoms with E-state index in [9.17, 15) is 20.1 Å². The maximum atomic E-state index is 10.7. The van der Waals surface area contributed by atoms with Gasteiger partial charge in [0, 0.05) is 13.2 Å². The van der Waals surface area contributed by atoms with E-state index in [0.29, 0.717) is 24.1 Å². The number of hydrogen-bond acceptors (Lipinski definition) is 8. The van der Waals surface area contributed by atoms with Gasteiger partial charge in [-0.2, -0.15) is 0 Å². The number of unbranched alkanes of at least 4 members (excludes halogenated alkanes) is 2. The highest BCUT2D eigenvalue weighted by atomic mass is 16.5. The van der Waals surface area contributed by atoms with Crippen LogP contribution in [0.3, 0.4) is 0 Å². The number of aliphatic carboxylic acids is 1. The van der Waals surface area contributed by atoms with Gasteiger partial charge in [-0.05, 0) is 80.4 Å². The van der Waals surface area contributed by atoms with Gasteiger partial charge in [-0.25, -0.2) is 0 Å². The minimum Gasteiger partial charge on any atom is -0.546 e. The highest BCUT2D eigenvalue weighted by Crippen LogP contribution is 2.48. The summed E-state index contributed by atoms with van der Waals surface area (Å²) in [6.45, 7) is 4.13. The van der Waals surface area contributed by atoms with Crippen molar-refractivity contribution in [3.8, 4) is 5.75 Å². The van der Waals surface area contributed by atoms with Gasteiger partial charge in [-0.15, -0.1) is 0 Å². The Bertz CT molecular complexity index is 713. The molecule has 0 aromatic heterocycles. The van der Waals surface area contributed by atoms with Gasteiger partial charge in [0.2, 0.25) is 0 Å². The fraction of sp³-hybridized carbons (Fsp3) is 0.741. The fourth-order valence-electron chi connectivity index (χ4n) is 5.24. The van der Waals surface area contributed by atoms with E-state index in [1.807, 2.05) is 12.1 Å². The van der Waals surface area contributed by atoms with Crippen molar-refractivity contribution in [1.82, 2.24) is 0 Å². The van der Waals surface area contributed by atoms with Crippen LogP contribution in [0.25, 0.3) is 0 Å². The third kappa shape index (κ3) is 10.8. The zero-order valence-electron chi connectivity index (χ0n) is 21.4. The second kappa shape index (κ2) is 17.7. The number of nitrogens with two attached hydrogens (primary N) is 1. The Morgan fingerprint density at radius 3 is 2.49 bits per heavy atom. The number of aliphatic hydroxyl groups is 4. The van der Waals surface area contributed by atoms with E-state index in [0.717, 1.165) is 63.4 Å². The van der Waals surface area contributed by atoms with Gasteiger partial charge in [-0.3, -0.25) is 0 Å². The molecule has 202 valence electrons. The normalized spacial score (nSPS) is 23.1. The molecule has 1 aromatic carbocycles. The standard InChI is InChI=1S/C23H34O5.C2H7NO.C2H6O/c1-2-3-4-7-17(24)9-10-18-19-11-15-6-5-8-22(28-14-23(26)27)20(15)12-16(19)13-21(18)25;3-1-2-4;1-2-3/h5-6,8,16-19,21,24-25H,2-4,7,9-14H2,1H3,(H,26,27);4H,1-3H2;3H,2H2,1H3/p-1/t16-,17-,18+,19-,21+;;/m0../s1. The first-order valence-electron chi connectivity index (χ1n) is 13.0. The second-order valence-electron chi connectivity index (χ2n) is 9.41. The number of fused-ring (bicyclic) bond motifs is 2. The van der Waals surface area contributed by atoms with Crippen molar-refractivity contribution >= 4 is 5.97 Å². The molecule has 8 nitrogen and oxygen atoms in total. The number of ether oxygens (including phenoxy) is 1. The second-order valence-corrected chi connectivity index (χ2v) is 9.41. The summed E-state index contributed by atoms with van der Waals surface area (Å²) in [4.78, 5) is 10.7. The van der Waals surface area contributed by atoms with Gasteiger partial charge in [0.1, 0.15) is 12.4 Å². The maximum absolute atomic E-state index is 10.7. The van der Waals surface area contributed by atoms with Crippen LogP contribution in [-0.2, 0) is 17.6 Å². The number of carbonyl (C=O) groups is 1. The molecule has 35 heavy (non-hydrogen) atoms. The summed E-state index contributed by atoms with van der Waals surface area (Å²) in [7, 11) is 0. The van der Waals surface area contributed by atoms with Crippen molar-refractivity contribution in [3.63, 3.8) is 0 Å². The van der Waals surface area contributed by atoms with Crippen LogP contribution >= 0.6 is 0 Å².